The van der Waals surface area contributed by atoms with Crippen LogP contribution in [0.1, 0.15) is 11.6 Å². The van der Waals surface area contributed by atoms with Crippen molar-refractivity contribution < 1.29 is 4.39 Å². The molecule has 5 heteroatoms. The summed E-state index contributed by atoms with van der Waals surface area (Å²) in [7, 11) is 0. The van der Waals surface area contributed by atoms with Gasteiger partial charge in [0.2, 0.25) is 0 Å². The lowest BCUT2D eigenvalue weighted by Gasteiger charge is -2.13. The summed E-state index contributed by atoms with van der Waals surface area (Å²) in [5.74, 6) is 6.14. The molecule has 90 valence electrons. The second-order valence-corrected chi connectivity index (χ2v) is 5.41. The molecular weight excluding hydrogens is 255 g/mol. The number of nitrogens with one attached hydrogen (secondary N) is 1. The number of thioether (sulfide) groups is 1. The first kappa shape index (κ1) is 12.6. The molecule has 2 aromatic rings. The molecule has 1 unspecified atom stereocenters. The molecule has 1 aromatic heterocycles. The monoisotopic (exact) mass is 268 g/mol. The highest BCUT2D eigenvalue weighted by Gasteiger charge is 2.10. The Hall–Kier alpha value is -0.880. The van der Waals surface area contributed by atoms with Crippen LogP contribution in [0.25, 0.3) is 0 Å². The molecule has 17 heavy (non-hydrogen) atoms. The van der Waals surface area contributed by atoms with E-state index in [1.54, 1.807) is 35.2 Å². The number of rotatable bonds is 5. The van der Waals surface area contributed by atoms with E-state index in [0.717, 1.165) is 10.6 Å². The number of nitrogens with two attached hydrogens (primary N) is 1. The molecule has 2 nitrogen and oxygen atoms in total. The van der Waals surface area contributed by atoms with Gasteiger partial charge in [-0.3, -0.25) is 11.3 Å². The molecule has 0 aliphatic heterocycles. The molecule has 0 fully saturated rings. The van der Waals surface area contributed by atoms with Crippen molar-refractivity contribution in [3.05, 3.63) is 52.5 Å². The minimum Gasteiger partial charge on any atom is -0.271 e. The van der Waals surface area contributed by atoms with Crippen molar-refractivity contribution in [3.63, 3.8) is 0 Å². The Bertz CT molecular complexity index is 442. The maximum atomic E-state index is 12.7. The summed E-state index contributed by atoms with van der Waals surface area (Å²) < 4.78 is 12.7. The molecule has 1 atom stereocenters. The highest BCUT2D eigenvalue weighted by Crippen LogP contribution is 2.25. The SMILES string of the molecule is NNC(CSc1ccc(F)cc1)c1ccsc1. The number of hydrogen-bond acceptors (Lipinski definition) is 4. The molecule has 0 amide bonds. The molecule has 1 aromatic carbocycles. The Balaban J connectivity index is 1.94. The summed E-state index contributed by atoms with van der Waals surface area (Å²) in [6.07, 6.45) is 0. The van der Waals surface area contributed by atoms with E-state index >= 15 is 0 Å². The maximum absolute atomic E-state index is 12.7. The molecular formula is C12H13FN2S2. The average molecular weight is 268 g/mol. The third-order valence-electron chi connectivity index (χ3n) is 2.38. The maximum Gasteiger partial charge on any atom is 0.123 e. The van der Waals surface area contributed by atoms with Gasteiger partial charge in [0.15, 0.2) is 0 Å². The van der Waals surface area contributed by atoms with Gasteiger partial charge in [-0.15, -0.1) is 11.8 Å². The number of thiophene rings is 1. The Morgan fingerprint density at radius 3 is 2.65 bits per heavy atom. The van der Waals surface area contributed by atoms with Crippen LogP contribution in [0.5, 0.6) is 0 Å². The van der Waals surface area contributed by atoms with Gasteiger partial charge in [0, 0.05) is 10.6 Å². The van der Waals surface area contributed by atoms with Crippen LogP contribution < -0.4 is 11.3 Å². The van der Waals surface area contributed by atoms with Gasteiger partial charge in [0.05, 0.1) is 6.04 Å². The Morgan fingerprint density at radius 1 is 1.29 bits per heavy atom. The van der Waals surface area contributed by atoms with Gasteiger partial charge >= 0.3 is 0 Å². The minimum absolute atomic E-state index is 0.122. The van der Waals surface area contributed by atoms with Crippen molar-refractivity contribution in [1.82, 2.24) is 5.43 Å². The van der Waals surface area contributed by atoms with Crippen LogP contribution in [0.3, 0.4) is 0 Å². The van der Waals surface area contributed by atoms with E-state index in [1.165, 1.54) is 17.7 Å². The third-order valence-corrected chi connectivity index (χ3v) is 4.18. The fraction of sp³-hybridized carbons (Fsp3) is 0.167. The molecule has 0 saturated heterocycles. The van der Waals surface area contributed by atoms with Gasteiger partial charge in [-0.05, 0) is 46.7 Å². The van der Waals surface area contributed by atoms with Crippen LogP contribution in [0.2, 0.25) is 0 Å². The smallest absolute Gasteiger partial charge is 0.123 e. The summed E-state index contributed by atoms with van der Waals surface area (Å²) in [5, 5.41) is 4.11. The van der Waals surface area contributed by atoms with Gasteiger partial charge in [-0.1, -0.05) is 0 Å². The van der Waals surface area contributed by atoms with Crippen molar-refractivity contribution in [2.75, 3.05) is 5.75 Å². The van der Waals surface area contributed by atoms with Crippen molar-refractivity contribution in [2.45, 2.75) is 10.9 Å². The molecule has 1 heterocycles. The summed E-state index contributed by atoms with van der Waals surface area (Å²) in [6.45, 7) is 0. The first-order chi connectivity index (χ1) is 8.29. The Kier molecular flexibility index (Phi) is 4.56. The van der Waals surface area contributed by atoms with Crippen LogP contribution in [-0.2, 0) is 0 Å². The number of hydrazine groups is 1. The van der Waals surface area contributed by atoms with Crippen LogP contribution in [0.15, 0.2) is 46.0 Å². The van der Waals surface area contributed by atoms with Crippen LogP contribution in [0, 0.1) is 5.82 Å². The van der Waals surface area contributed by atoms with E-state index < -0.39 is 0 Å². The Labute approximate surface area is 108 Å². The predicted octanol–water partition coefficient (Wildman–Crippen LogP) is 3.18. The van der Waals surface area contributed by atoms with Crippen molar-refractivity contribution in [1.29, 1.82) is 0 Å². The Morgan fingerprint density at radius 2 is 2.06 bits per heavy atom. The topological polar surface area (TPSA) is 38.0 Å². The summed E-state index contributed by atoms with van der Waals surface area (Å²) in [4.78, 5) is 1.04. The summed E-state index contributed by atoms with van der Waals surface area (Å²) in [5.41, 5.74) is 3.98. The van der Waals surface area contributed by atoms with Gasteiger partial charge in [0.25, 0.3) is 0 Å². The van der Waals surface area contributed by atoms with E-state index in [1.807, 2.05) is 5.38 Å². The second-order valence-electron chi connectivity index (χ2n) is 3.54. The molecule has 0 radical (unpaired) electrons. The molecule has 0 aliphatic carbocycles. The fourth-order valence-corrected chi connectivity index (χ4v) is 3.11. The van der Waals surface area contributed by atoms with Crippen molar-refractivity contribution in [2.24, 2.45) is 5.84 Å². The average Bonchev–Trinajstić information content (AvgIpc) is 2.86. The lowest BCUT2D eigenvalue weighted by Crippen LogP contribution is -2.29. The molecule has 0 aliphatic rings. The number of halogens is 1. The summed E-state index contributed by atoms with van der Waals surface area (Å²) >= 11 is 3.31. The molecule has 0 spiro atoms. The molecule has 3 N–H and O–H groups in total. The molecule has 0 bridgehead atoms. The second kappa shape index (κ2) is 6.16. The van der Waals surface area contributed by atoms with E-state index in [2.05, 4.69) is 16.9 Å². The van der Waals surface area contributed by atoms with Gasteiger partial charge in [0.1, 0.15) is 5.82 Å². The zero-order chi connectivity index (χ0) is 12.1. The van der Waals surface area contributed by atoms with E-state index in [0.29, 0.717) is 0 Å². The zero-order valence-electron chi connectivity index (χ0n) is 9.10. The van der Waals surface area contributed by atoms with Crippen LogP contribution in [-0.4, -0.2) is 5.75 Å². The normalized spacial score (nSPS) is 12.6. The fourth-order valence-electron chi connectivity index (χ4n) is 1.42. The van der Waals surface area contributed by atoms with Gasteiger partial charge in [-0.25, -0.2) is 4.39 Å². The summed E-state index contributed by atoms with van der Waals surface area (Å²) in [6, 6.07) is 8.68. The largest absolute Gasteiger partial charge is 0.271 e. The first-order valence-corrected chi connectivity index (χ1v) is 7.09. The van der Waals surface area contributed by atoms with E-state index in [9.17, 15) is 4.39 Å². The predicted molar refractivity (Wildman–Crippen MR) is 71.5 cm³/mol. The van der Waals surface area contributed by atoms with Crippen LogP contribution in [0.4, 0.5) is 4.39 Å². The van der Waals surface area contributed by atoms with E-state index in [4.69, 9.17) is 5.84 Å². The highest BCUT2D eigenvalue weighted by molar-refractivity contribution is 7.99. The quantitative estimate of drug-likeness (QED) is 0.497. The highest BCUT2D eigenvalue weighted by atomic mass is 32.2. The standard InChI is InChI=1S/C12H13FN2S2/c13-10-1-3-11(4-2-10)17-8-12(15-14)9-5-6-16-7-9/h1-7,12,15H,8,14H2. The van der Waals surface area contributed by atoms with Crippen molar-refractivity contribution in [3.8, 4) is 0 Å². The zero-order valence-corrected chi connectivity index (χ0v) is 10.7. The number of hydrogen-bond donors (Lipinski definition) is 2. The lowest BCUT2D eigenvalue weighted by atomic mass is 10.2. The van der Waals surface area contributed by atoms with Gasteiger partial charge < -0.3 is 0 Å². The van der Waals surface area contributed by atoms with Crippen LogP contribution >= 0.6 is 23.1 Å². The molecule has 2 rings (SSSR count). The number of benzene rings is 1. The third kappa shape index (κ3) is 3.54. The minimum atomic E-state index is -0.208. The van der Waals surface area contributed by atoms with Gasteiger partial charge in [-0.2, -0.15) is 11.3 Å². The first-order valence-electron chi connectivity index (χ1n) is 5.16. The van der Waals surface area contributed by atoms with E-state index in [-0.39, 0.29) is 11.9 Å². The molecule has 0 saturated carbocycles. The van der Waals surface area contributed by atoms with Crippen molar-refractivity contribution >= 4 is 23.1 Å². The lowest BCUT2D eigenvalue weighted by molar-refractivity contribution is 0.612.